The second kappa shape index (κ2) is 6.12. The Hall–Kier alpha value is -2.03. The van der Waals surface area contributed by atoms with Gasteiger partial charge in [0.15, 0.2) is 0 Å². The molecule has 1 saturated heterocycles. The third-order valence-corrected chi connectivity index (χ3v) is 5.54. The van der Waals surface area contributed by atoms with E-state index >= 15 is 0 Å². The Morgan fingerprint density at radius 2 is 2.04 bits per heavy atom. The summed E-state index contributed by atoms with van der Waals surface area (Å²) in [7, 11) is 2.09. The standard InChI is InChI=1S/C16H18FN5OS/c1-20-5-7-21(8-6-20)13(11-3-2-4-12(17)9-11)14-15(23)22-16(24-14)18-10-19-22/h2-4,9-10,13,23H,5-8H2,1H3. The smallest absolute Gasteiger partial charge is 0.230 e. The van der Waals surface area contributed by atoms with E-state index in [2.05, 4.69) is 26.9 Å². The second-order valence-electron chi connectivity index (χ2n) is 6.04. The maximum Gasteiger partial charge on any atom is 0.230 e. The number of halogens is 1. The number of likely N-dealkylation sites (N-methyl/N-ethyl adjacent to an activating group) is 1. The van der Waals surface area contributed by atoms with Crippen molar-refractivity contribution in [1.29, 1.82) is 0 Å². The Bertz CT molecular complexity index is 855. The van der Waals surface area contributed by atoms with Gasteiger partial charge in [0.25, 0.3) is 0 Å². The van der Waals surface area contributed by atoms with Crippen LogP contribution in [-0.4, -0.2) is 62.7 Å². The fourth-order valence-electron chi connectivity index (χ4n) is 3.16. The van der Waals surface area contributed by atoms with Crippen molar-refractivity contribution in [1.82, 2.24) is 24.4 Å². The van der Waals surface area contributed by atoms with Crippen molar-refractivity contribution in [3.63, 3.8) is 0 Å². The summed E-state index contributed by atoms with van der Waals surface area (Å²) in [5, 5.41) is 14.7. The molecule has 1 fully saturated rings. The molecule has 4 rings (SSSR count). The Labute approximate surface area is 142 Å². The van der Waals surface area contributed by atoms with Crippen LogP contribution in [0, 0.1) is 5.82 Å². The Morgan fingerprint density at radius 3 is 2.75 bits per heavy atom. The molecular formula is C16H18FN5OS. The Morgan fingerprint density at radius 1 is 1.25 bits per heavy atom. The summed E-state index contributed by atoms with van der Waals surface area (Å²) in [6, 6.07) is 6.39. The molecule has 1 atom stereocenters. The molecule has 2 aromatic heterocycles. The lowest BCUT2D eigenvalue weighted by Gasteiger charge is -2.37. The zero-order valence-electron chi connectivity index (χ0n) is 13.3. The van der Waals surface area contributed by atoms with E-state index in [4.69, 9.17) is 0 Å². The van der Waals surface area contributed by atoms with Crippen molar-refractivity contribution in [3.05, 3.63) is 46.9 Å². The number of fused-ring (bicyclic) bond motifs is 1. The molecule has 0 aliphatic carbocycles. The van der Waals surface area contributed by atoms with E-state index in [1.54, 1.807) is 12.1 Å². The first-order valence-corrected chi connectivity index (χ1v) is 8.64. The molecule has 0 spiro atoms. The number of benzene rings is 1. The number of aromatic hydroxyl groups is 1. The van der Waals surface area contributed by atoms with Gasteiger partial charge in [-0.1, -0.05) is 23.5 Å². The molecule has 0 radical (unpaired) electrons. The van der Waals surface area contributed by atoms with E-state index < -0.39 is 0 Å². The van der Waals surface area contributed by atoms with Gasteiger partial charge in [-0.2, -0.15) is 9.61 Å². The van der Waals surface area contributed by atoms with E-state index in [9.17, 15) is 9.50 Å². The number of piperazine rings is 1. The van der Waals surface area contributed by atoms with Crippen molar-refractivity contribution < 1.29 is 9.50 Å². The summed E-state index contributed by atoms with van der Waals surface area (Å²) in [5.41, 5.74) is 0.833. The summed E-state index contributed by atoms with van der Waals surface area (Å²) >= 11 is 1.40. The number of rotatable bonds is 3. The topological polar surface area (TPSA) is 56.9 Å². The number of thiazole rings is 1. The van der Waals surface area contributed by atoms with Crippen molar-refractivity contribution in [2.24, 2.45) is 0 Å². The third-order valence-electron chi connectivity index (χ3n) is 4.45. The first-order chi connectivity index (χ1) is 11.6. The van der Waals surface area contributed by atoms with E-state index in [-0.39, 0.29) is 17.7 Å². The predicted octanol–water partition coefficient (Wildman–Crippen LogP) is 1.97. The van der Waals surface area contributed by atoms with E-state index in [1.807, 2.05) is 6.07 Å². The van der Waals surface area contributed by atoms with Crippen LogP contribution in [0.15, 0.2) is 30.6 Å². The van der Waals surface area contributed by atoms with E-state index in [0.717, 1.165) is 36.6 Å². The summed E-state index contributed by atoms with van der Waals surface area (Å²) in [6.07, 6.45) is 1.42. The zero-order valence-corrected chi connectivity index (χ0v) is 14.1. The summed E-state index contributed by atoms with van der Waals surface area (Å²) in [4.78, 5) is 10.1. The lowest BCUT2D eigenvalue weighted by Crippen LogP contribution is -2.46. The number of hydrogen-bond acceptors (Lipinski definition) is 6. The molecule has 1 N–H and O–H groups in total. The monoisotopic (exact) mass is 347 g/mol. The van der Waals surface area contributed by atoms with Gasteiger partial charge in [0, 0.05) is 26.2 Å². The normalized spacial score (nSPS) is 18.2. The fraction of sp³-hybridized carbons (Fsp3) is 0.375. The minimum atomic E-state index is -0.273. The molecule has 126 valence electrons. The first-order valence-electron chi connectivity index (χ1n) is 7.83. The molecule has 24 heavy (non-hydrogen) atoms. The first kappa shape index (κ1) is 15.5. The molecule has 3 aromatic rings. The highest BCUT2D eigenvalue weighted by molar-refractivity contribution is 7.17. The Kier molecular flexibility index (Phi) is 3.95. The maximum atomic E-state index is 13.8. The van der Waals surface area contributed by atoms with Crippen LogP contribution in [0.1, 0.15) is 16.5 Å². The molecule has 1 unspecified atom stereocenters. The van der Waals surface area contributed by atoms with Gasteiger partial charge >= 0.3 is 0 Å². The minimum Gasteiger partial charge on any atom is -0.492 e. The summed E-state index contributed by atoms with van der Waals surface area (Å²) in [6.45, 7) is 3.58. The predicted molar refractivity (Wildman–Crippen MR) is 89.8 cm³/mol. The number of nitrogens with zero attached hydrogens (tertiary/aromatic N) is 5. The molecule has 0 bridgehead atoms. The third kappa shape index (κ3) is 2.66. The summed E-state index contributed by atoms with van der Waals surface area (Å²) < 4.78 is 15.2. The molecule has 1 aromatic carbocycles. The molecule has 0 saturated carbocycles. The van der Waals surface area contributed by atoms with Crippen LogP contribution in [0.2, 0.25) is 0 Å². The fourth-order valence-corrected chi connectivity index (χ4v) is 4.25. The van der Waals surface area contributed by atoms with Gasteiger partial charge in [0.05, 0.1) is 10.9 Å². The lowest BCUT2D eigenvalue weighted by atomic mass is 10.0. The van der Waals surface area contributed by atoms with Gasteiger partial charge < -0.3 is 10.0 Å². The van der Waals surface area contributed by atoms with Crippen molar-refractivity contribution in [2.45, 2.75) is 6.04 Å². The van der Waals surface area contributed by atoms with E-state index in [0.29, 0.717) is 4.96 Å². The number of aromatic nitrogens is 3. The van der Waals surface area contributed by atoms with Crippen LogP contribution in [0.5, 0.6) is 5.88 Å². The molecule has 1 aliphatic heterocycles. The molecule has 6 nitrogen and oxygen atoms in total. The quantitative estimate of drug-likeness (QED) is 0.785. The average Bonchev–Trinajstić information content (AvgIpc) is 3.14. The highest BCUT2D eigenvalue weighted by Gasteiger charge is 2.31. The van der Waals surface area contributed by atoms with Gasteiger partial charge in [-0.05, 0) is 24.7 Å². The lowest BCUT2D eigenvalue weighted by molar-refractivity contribution is 0.127. The summed E-state index contributed by atoms with van der Waals surface area (Å²) in [5.74, 6) is -0.189. The minimum absolute atomic E-state index is 0.0840. The van der Waals surface area contributed by atoms with Crippen LogP contribution in [-0.2, 0) is 0 Å². The van der Waals surface area contributed by atoms with Crippen LogP contribution in [0.3, 0.4) is 0 Å². The van der Waals surface area contributed by atoms with Gasteiger partial charge in [-0.15, -0.1) is 0 Å². The molecule has 3 heterocycles. The van der Waals surface area contributed by atoms with Crippen LogP contribution in [0.4, 0.5) is 4.39 Å². The molecule has 0 amide bonds. The SMILES string of the molecule is CN1CCN(C(c2cccc(F)c2)c2sc3ncnn3c2O)CC1. The zero-order chi connectivity index (χ0) is 16.7. The molecule has 1 aliphatic rings. The van der Waals surface area contributed by atoms with Crippen molar-refractivity contribution in [3.8, 4) is 5.88 Å². The van der Waals surface area contributed by atoms with Gasteiger partial charge in [0.1, 0.15) is 12.1 Å². The van der Waals surface area contributed by atoms with Crippen molar-refractivity contribution in [2.75, 3.05) is 33.2 Å². The van der Waals surface area contributed by atoms with Crippen LogP contribution in [0.25, 0.3) is 4.96 Å². The van der Waals surface area contributed by atoms with Crippen LogP contribution < -0.4 is 0 Å². The largest absolute Gasteiger partial charge is 0.492 e. The molecular weight excluding hydrogens is 329 g/mol. The van der Waals surface area contributed by atoms with E-state index in [1.165, 1.54) is 28.2 Å². The number of hydrogen-bond donors (Lipinski definition) is 1. The van der Waals surface area contributed by atoms with Gasteiger partial charge in [-0.25, -0.2) is 9.37 Å². The highest BCUT2D eigenvalue weighted by Crippen LogP contribution is 2.40. The second-order valence-corrected chi connectivity index (χ2v) is 7.05. The molecule has 8 heteroatoms. The highest BCUT2D eigenvalue weighted by atomic mass is 32.1. The van der Waals surface area contributed by atoms with Crippen molar-refractivity contribution >= 4 is 16.3 Å². The van der Waals surface area contributed by atoms with Gasteiger partial charge in [-0.3, -0.25) is 4.90 Å². The Balaban J connectivity index is 1.80. The maximum absolute atomic E-state index is 13.8. The average molecular weight is 347 g/mol. The van der Waals surface area contributed by atoms with Gasteiger partial charge in [0.2, 0.25) is 10.8 Å². The van der Waals surface area contributed by atoms with Crippen LogP contribution >= 0.6 is 11.3 Å².